The van der Waals surface area contributed by atoms with E-state index in [0.717, 1.165) is 16.7 Å². The molecule has 1 N–H and O–H groups in total. The highest BCUT2D eigenvalue weighted by Crippen LogP contribution is 2.22. The topological polar surface area (TPSA) is 55.4 Å². The molecule has 0 saturated heterocycles. The third-order valence-electron chi connectivity index (χ3n) is 3.19. The second-order valence-electron chi connectivity index (χ2n) is 4.97. The van der Waals surface area contributed by atoms with Gasteiger partial charge in [0.2, 0.25) is 10.0 Å². The molecule has 1 aromatic carbocycles. The van der Waals surface area contributed by atoms with Gasteiger partial charge in [-0.2, -0.15) is 0 Å². The molecule has 0 unspecified atom stereocenters. The van der Waals surface area contributed by atoms with Crippen molar-refractivity contribution in [2.45, 2.75) is 39.8 Å². The van der Waals surface area contributed by atoms with E-state index in [4.69, 9.17) is 4.74 Å². The largest absolute Gasteiger partial charge is 0.381 e. The van der Waals surface area contributed by atoms with Gasteiger partial charge in [0.05, 0.1) is 11.9 Å². The number of aryl methyl sites for hydroxylation is 2. The van der Waals surface area contributed by atoms with E-state index in [1.165, 1.54) is 7.11 Å². The molecule has 1 rings (SSSR count). The van der Waals surface area contributed by atoms with Crippen molar-refractivity contribution >= 4 is 10.0 Å². The van der Waals surface area contributed by atoms with E-state index in [0.29, 0.717) is 0 Å². The maximum absolute atomic E-state index is 12.0. The van der Waals surface area contributed by atoms with Crippen molar-refractivity contribution in [2.24, 2.45) is 0 Å². The van der Waals surface area contributed by atoms with Crippen LogP contribution in [-0.2, 0) is 14.8 Å². The minimum absolute atomic E-state index is 0.0290. The lowest BCUT2D eigenvalue weighted by Gasteiger charge is -2.20. The van der Waals surface area contributed by atoms with Crippen LogP contribution in [0.3, 0.4) is 0 Å². The summed E-state index contributed by atoms with van der Waals surface area (Å²) in [4.78, 5) is 0. The lowest BCUT2D eigenvalue weighted by atomic mass is 9.98. The van der Waals surface area contributed by atoms with E-state index >= 15 is 0 Å². The molecule has 0 aliphatic heterocycles. The van der Waals surface area contributed by atoms with Gasteiger partial charge in [-0.3, -0.25) is 0 Å². The Morgan fingerprint density at radius 2 is 1.74 bits per heavy atom. The maximum atomic E-state index is 12.0. The van der Waals surface area contributed by atoms with Crippen molar-refractivity contribution in [1.29, 1.82) is 0 Å². The third-order valence-corrected chi connectivity index (χ3v) is 4.81. The minimum atomic E-state index is -3.35. The monoisotopic (exact) mass is 285 g/mol. The number of ether oxygens (including phenoxy) is 1. The first-order valence-corrected chi connectivity index (χ1v) is 8.01. The molecule has 0 aliphatic rings. The fraction of sp³-hybridized carbons (Fsp3) is 0.571. The van der Waals surface area contributed by atoms with Crippen molar-refractivity contribution in [3.05, 3.63) is 34.9 Å². The summed E-state index contributed by atoms with van der Waals surface area (Å²) in [6.07, 6.45) is -0.317. The van der Waals surface area contributed by atoms with Crippen LogP contribution < -0.4 is 4.72 Å². The quantitative estimate of drug-likeness (QED) is 0.872. The zero-order valence-electron chi connectivity index (χ0n) is 12.2. The number of rotatable bonds is 6. The maximum Gasteiger partial charge on any atom is 0.214 e. The molecule has 0 bridgehead atoms. The van der Waals surface area contributed by atoms with E-state index in [1.807, 2.05) is 39.0 Å². The van der Waals surface area contributed by atoms with E-state index < -0.39 is 10.0 Å². The minimum Gasteiger partial charge on any atom is -0.381 e. The summed E-state index contributed by atoms with van der Waals surface area (Å²) in [6.45, 7) is 7.59. The van der Waals surface area contributed by atoms with E-state index in [2.05, 4.69) is 4.72 Å². The Morgan fingerprint density at radius 1 is 1.21 bits per heavy atom. The second-order valence-corrected chi connectivity index (χ2v) is 6.77. The van der Waals surface area contributed by atoms with Crippen LogP contribution in [-0.4, -0.2) is 27.4 Å². The molecule has 0 saturated carbocycles. The normalized spacial score (nSPS) is 15.2. The fourth-order valence-corrected chi connectivity index (χ4v) is 3.77. The molecule has 108 valence electrons. The molecule has 0 fully saturated rings. The van der Waals surface area contributed by atoms with Crippen LogP contribution in [0, 0.1) is 13.8 Å². The van der Waals surface area contributed by atoms with Crippen LogP contribution >= 0.6 is 0 Å². The third kappa shape index (κ3) is 4.60. The van der Waals surface area contributed by atoms with Crippen molar-refractivity contribution in [3.63, 3.8) is 0 Å². The molecular formula is C14H23NO3S. The highest BCUT2D eigenvalue weighted by atomic mass is 32.2. The molecule has 0 aliphatic carbocycles. The fourth-order valence-electron chi connectivity index (χ4n) is 2.26. The first-order valence-electron chi connectivity index (χ1n) is 6.35. The van der Waals surface area contributed by atoms with Gasteiger partial charge in [0.15, 0.2) is 0 Å². The number of hydrogen-bond donors (Lipinski definition) is 1. The predicted molar refractivity (Wildman–Crippen MR) is 77.7 cm³/mol. The summed E-state index contributed by atoms with van der Waals surface area (Å²) < 4.78 is 31.7. The standard InChI is InChI=1S/C14H23NO3S/c1-10-7-6-8-11(2)14(10)13(4)15-19(16,17)9-12(3)18-5/h6-8,12-13,15H,9H2,1-5H3/t12-,13-/m0/s1. The van der Waals surface area contributed by atoms with Gasteiger partial charge in [-0.25, -0.2) is 13.1 Å². The highest BCUT2D eigenvalue weighted by Gasteiger charge is 2.20. The van der Waals surface area contributed by atoms with E-state index in [1.54, 1.807) is 6.92 Å². The average molecular weight is 285 g/mol. The van der Waals surface area contributed by atoms with Gasteiger partial charge >= 0.3 is 0 Å². The van der Waals surface area contributed by atoms with Crippen LogP contribution in [0.15, 0.2) is 18.2 Å². The van der Waals surface area contributed by atoms with Crippen LogP contribution in [0.25, 0.3) is 0 Å². The molecule has 0 spiro atoms. The molecule has 4 nitrogen and oxygen atoms in total. The molecule has 5 heteroatoms. The summed E-state index contributed by atoms with van der Waals surface area (Å²) in [6, 6.07) is 5.72. The van der Waals surface area contributed by atoms with Crippen LogP contribution in [0.4, 0.5) is 0 Å². The van der Waals surface area contributed by atoms with E-state index in [-0.39, 0.29) is 17.9 Å². The van der Waals surface area contributed by atoms with Crippen molar-refractivity contribution < 1.29 is 13.2 Å². The van der Waals surface area contributed by atoms with Gasteiger partial charge in [0.1, 0.15) is 0 Å². The number of nitrogens with one attached hydrogen (secondary N) is 1. The summed E-state index contributed by atoms with van der Waals surface area (Å²) >= 11 is 0. The smallest absolute Gasteiger partial charge is 0.214 e. The molecular weight excluding hydrogens is 262 g/mol. The Labute approximate surface area is 116 Å². The number of methoxy groups -OCH3 is 1. The molecule has 1 aromatic rings. The SMILES string of the molecule is CO[C@@H](C)CS(=O)(=O)N[C@@H](C)c1c(C)cccc1C. The molecule has 2 atom stereocenters. The number of sulfonamides is 1. The number of benzene rings is 1. The zero-order chi connectivity index (χ0) is 14.6. The number of hydrogen-bond acceptors (Lipinski definition) is 3. The molecule has 19 heavy (non-hydrogen) atoms. The van der Waals surface area contributed by atoms with Gasteiger partial charge in [-0.05, 0) is 44.4 Å². The molecule has 0 aromatic heterocycles. The van der Waals surface area contributed by atoms with Crippen LogP contribution in [0.2, 0.25) is 0 Å². The lowest BCUT2D eigenvalue weighted by molar-refractivity contribution is 0.136. The molecule has 0 amide bonds. The lowest BCUT2D eigenvalue weighted by Crippen LogP contribution is -2.34. The first-order chi connectivity index (χ1) is 8.76. The van der Waals surface area contributed by atoms with Gasteiger partial charge in [0.25, 0.3) is 0 Å². The Balaban J connectivity index is 2.88. The van der Waals surface area contributed by atoms with Gasteiger partial charge in [-0.15, -0.1) is 0 Å². The van der Waals surface area contributed by atoms with Gasteiger partial charge < -0.3 is 4.74 Å². The first kappa shape index (κ1) is 16.1. The zero-order valence-corrected chi connectivity index (χ0v) is 13.0. The van der Waals surface area contributed by atoms with Crippen molar-refractivity contribution in [1.82, 2.24) is 4.72 Å². The summed E-state index contributed by atoms with van der Waals surface area (Å²) in [5.41, 5.74) is 3.22. The summed E-state index contributed by atoms with van der Waals surface area (Å²) in [5.74, 6) is -0.0290. The highest BCUT2D eigenvalue weighted by molar-refractivity contribution is 7.89. The van der Waals surface area contributed by atoms with Crippen molar-refractivity contribution in [3.8, 4) is 0 Å². The Hall–Kier alpha value is -0.910. The Kier molecular flexibility index (Phi) is 5.52. The molecule has 0 heterocycles. The Morgan fingerprint density at radius 3 is 2.21 bits per heavy atom. The average Bonchev–Trinajstić information content (AvgIpc) is 2.27. The summed E-state index contributed by atoms with van der Waals surface area (Å²) in [5, 5.41) is 0. The van der Waals surface area contributed by atoms with Crippen molar-refractivity contribution in [2.75, 3.05) is 12.9 Å². The van der Waals surface area contributed by atoms with Crippen LogP contribution in [0.5, 0.6) is 0 Å². The molecule has 0 radical (unpaired) electrons. The Bertz CT molecular complexity index is 505. The van der Waals surface area contributed by atoms with Gasteiger partial charge in [0, 0.05) is 13.2 Å². The summed E-state index contributed by atoms with van der Waals surface area (Å²) in [7, 11) is -1.84. The van der Waals surface area contributed by atoms with Crippen LogP contribution in [0.1, 0.15) is 36.6 Å². The predicted octanol–water partition coefficient (Wildman–Crippen LogP) is 2.32. The second kappa shape index (κ2) is 6.50. The van der Waals surface area contributed by atoms with E-state index in [9.17, 15) is 8.42 Å². The van der Waals surface area contributed by atoms with Gasteiger partial charge in [-0.1, -0.05) is 18.2 Å².